The summed E-state index contributed by atoms with van der Waals surface area (Å²) in [4.78, 5) is 48.7. The summed E-state index contributed by atoms with van der Waals surface area (Å²) >= 11 is 0. The Labute approximate surface area is 342 Å². The monoisotopic (exact) mass is 936 g/mol. The number of ether oxygens (including phenoxy) is 7. The van der Waals surface area contributed by atoms with Gasteiger partial charge in [0.15, 0.2) is 37.4 Å². The van der Waals surface area contributed by atoms with Crippen molar-refractivity contribution in [2.75, 3.05) is 13.2 Å². The number of carbonyl (C=O) groups is 4. The summed E-state index contributed by atoms with van der Waals surface area (Å²) in [5.74, 6) is -5.82. The molecule has 4 heterocycles. The number of amides is 2. The predicted molar refractivity (Wildman–Crippen MR) is 179 cm³/mol. The smallest absolute Gasteiger partial charge is 0.397 e. The van der Waals surface area contributed by atoms with Crippen molar-refractivity contribution in [3.05, 3.63) is 0 Å². The summed E-state index contributed by atoms with van der Waals surface area (Å²) in [5, 5.41) is 110. The normalized spacial score (nSPS) is 42.3. The fourth-order valence-electron chi connectivity index (χ4n) is 6.58. The maximum atomic E-state index is 12.6. The lowest BCUT2D eigenvalue weighted by atomic mass is 9.94. The molecule has 0 aromatic carbocycles. The zero-order chi connectivity index (χ0) is 46.0. The first-order chi connectivity index (χ1) is 28.1. The van der Waals surface area contributed by atoms with Crippen LogP contribution in [0.5, 0.6) is 0 Å². The lowest BCUT2D eigenvalue weighted by Crippen LogP contribution is -2.70. The third kappa shape index (κ3) is 12.6. The molecule has 0 aromatic heterocycles. The maximum Gasteiger partial charge on any atom is 0.397 e. The maximum absolute atomic E-state index is 12.6. The number of carboxylic acid groups (broad SMARTS) is 2. The number of aliphatic carboxylic acids is 2. The lowest BCUT2D eigenvalue weighted by Gasteiger charge is -2.49. The van der Waals surface area contributed by atoms with Gasteiger partial charge in [0.1, 0.15) is 85.3 Å². The van der Waals surface area contributed by atoms with Gasteiger partial charge < -0.3 is 94.9 Å². The van der Waals surface area contributed by atoms with Crippen LogP contribution in [-0.2, 0) is 81.5 Å². The van der Waals surface area contributed by atoms with Gasteiger partial charge >= 0.3 is 32.7 Å². The summed E-state index contributed by atoms with van der Waals surface area (Å²) in [6.07, 6.45) is -40.8. The van der Waals surface area contributed by atoms with E-state index in [0.717, 1.165) is 13.8 Å². The van der Waals surface area contributed by atoms with E-state index in [2.05, 4.69) is 19.0 Å². The van der Waals surface area contributed by atoms with Crippen molar-refractivity contribution in [2.24, 2.45) is 0 Å². The molecular formula is C28H44N2O29S2. The molecule has 31 nitrogen and oxygen atoms in total. The molecule has 61 heavy (non-hydrogen) atoms. The molecule has 33 heteroatoms. The number of nitrogens with one attached hydrogen (secondary N) is 2. The molecule has 352 valence electrons. The fourth-order valence-corrected chi connectivity index (χ4v) is 7.19. The summed E-state index contributed by atoms with van der Waals surface area (Å²) in [5.41, 5.74) is 0. The van der Waals surface area contributed by atoms with Crippen LogP contribution < -0.4 is 10.6 Å². The van der Waals surface area contributed by atoms with E-state index in [1.54, 1.807) is 0 Å². The average Bonchev–Trinajstić information content (AvgIpc) is 3.13. The Morgan fingerprint density at radius 1 is 0.508 bits per heavy atom. The summed E-state index contributed by atoms with van der Waals surface area (Å²) in [6, 6.07) is -3.83. The molecule has 2 amide bonds. The molecule has 0 aromatic rings. The van der Waals surface area contributed by atoms with E-state index in [0.29, 0.717) is 0 Å². The lowest BCUT2D eigenvalue weighted by molar-refractivity contribution is -0.368. The second kappa shape index (κ2) is 20.2. The minimum atomic E-state index is -5.32. The second-order valence-corrected chi connectivity index (χ2v) is 15.9. The van der Waals surface area contributed by atoms with Crippen LogP contribution in [0.25, 0.3) is 0 Å². The van der Waals surface area contributed by atoms with Gasteiger partial charge in [0.05, 0.1) is 13.2 Å². The molecule has 14 N–H and O–H groups in total. The Bertz CT molecular complexity index is 1790. The molecule has 4 rings (SSSR count). The number of aliphatic hydroxyl groups is 8. The summed E-state index contributed by atoms with van der Waals surface area (Å²) < 4.78 is 109. The number of rotatable bonds is 16. The standard InChI is InChI=1S/C28H44N2O29S2/c1-5(31)29-9-18(11(33)7(53-25(9)44)3-51-60(45,46)47)55-28-17(39)15(37)20(22(59-28)24(42)43)57-26-10(30-6(2)32)19(12(34)8(54-26)4-52-61(48,49)50)56-27-16(38)13(35)14(36)21(58-27)23(40)41/h7-22,25-28,33-39,44H,3-4H2,1-2H3,(H,29,31)(H,30,32)(H,40,41)(H,42,43)(H,45,46,47)(H,48,49,50). The van der Waals surface area contributed by atoms with Gasteiger partial charge in [-0.15, -0.1) is 0 Å². The Morgan fingerprint density at radius 2 is 0.918 bits per heavy atom. The first-order valence-corrected chi connectivity index (χ1v) is 20.1. The number of carbonyl (C=O) groups excluding carboxylic acids is 2. The van der Waals surface area contributed by atoms with E-state index >= 15 is 0 Å². The highest BCUT2D eigenvalue weighted by Gasteiger charge is 2.57. The van der Waals surface area contributed by atoms with E-state index in [-0.39, 0.29) is 0 Å². The van der Waals surface area contributed by atoms with Crippen LogP contribution in [0.1, 0.15) is 13.8 Å². The van der Waals surface area contributed by atoms with Gasteiger partial charge in [0.25, 0.3) is 0 Å². The van der Waals surface area contributed by atoms with Crippen LogP contribution in [-0.4, -0.2) is 237 Å². The summed E-state index contributed by atoms with van der Waals surface area (Å²) in [6.45, 7) is -0.729. The minimum Gasteiger partial charge on any atom is -0.479 e. The van der Waals surface area contributed by atoms with Gasteiger partial charge in [0.2, 0.25) is 11.8 Å². The predicted octanol–water partition coefficient (Wildman–Crippen LogP) is -9.62. The second-order valence-electron chi connectivity index (χ2n) is 13.7. The highest BCUT2D eigenvalue weighted by molar-refractivity contribution is 7.81. The van der Waals surface area contributed by atoms with E-state index in [1.807, 2.05) is 0 Å². The molecule has 0 radical (unpaired) electrons. The Hall–Kier alpha value is -2.98. The van der Waals surface area contributed by atoms with Gasteiger partial charge in [-0.3, -0.25) is 18.7 Å². The Morgan fingerprint density at radius 3 is 1.38 bits per heavy atom. The van der Waals surface area contributed by atoms with Gasteiger partial charge in [0, 0.05) is 13.8 Å². The molecule has 4 aliphatic heterocycles. The third-order valence-electron chi connectivity index (χ3n) is 9.34. The topological polar surface area (TPSA) is 486 Å². The zero-order valence-electron chi connectivity index (χ0n) is 31.1. The number of hydrogen-bond acceptors (Lipinski definition) is 25. The largest absolute Gasteiger partial charge is 0.479 e. The zero-order valence-corrected chi connectivity index (χ0v) is 32.7. The highest BCUT2D eigenvalue weighted by Crippen LogP contribution is 2.35. The van der Waals surface area contributed by atoms with Crippen molar-refractivity contribution in [2.45, 2.75) is 137 Å². The average molecular weight is 937 g/mol. The fraction of sp³-hybridized carbons (Fsp3) is 0.857. The third-order valence-corrected chi connectivity index (χ3v) is 10.2. The molecular weight excluding hydrogens is 892 g/mol. The Kier molecular flexibility index (Phi) is 16.8. The minimum absolute atomic E-state index is 0.861. The molecule has 20 atom stereocenters. The Balaban J connectivity index is 1.68. The molecule has 0 saturated carbocycles. The molecule has 4 fully saturated rings. The summed E-state index contributed by atoms with van der Waals surface area (Å²) in [7, 11) is -10.5. The van der Waals surface area contributed by atoms with Crippen LogP contribution >= 0.6 is 0 Å². The number of aliphatic hydroxyl groups excluding tert-OH is 8. The molecule has 0 bridgehead atoms. The molecule has 20 unspecified atom stereocenters. The van der Waals surface area contributed by atoms with Crippen molar-refractivity contribution in [1.82, 2.24) is 10.6 Å². The van der Waals surface area contributed by atoms with Gasteiger partial charge in [-0.1, -0.05) is 0 Å². The molecule has 0 spiro atoms. The molecule has 0 aliphatic carbocycles. The van der Waals surface area contributed by atoms with Crippen LogP contribution in [0.15, 0.2) is 0 Å². The molecule has 4 saturated heterocycles. The van der Waals surface area contributed by atoms with Crippen molar-refractivity contribution in [3.8, 4) is 0 Å². The van der Waals surface area contributed by atoms with Crippen molar-refractivity contribution < 1.29 is 138 Å². The van der Waals surface area contributed by atoms with Crippen LogP contribution in [0.3, 0.4) is 0 Å². The van der Waals surface area contributed by atoms with Gasteiger partial charge in [-0.05, 0) is 0 Å². The highest BCUT2D eigenvalue weighted by atomic mass is 32.3. The number of carboxylic acids is 2. The van der Waals surface area contributed by atoms with Gasteiger partial charge in [-0.2, -0.15) is 16.8 Å². The van der Waals surface area contributed by atoms with E-state index in [9.17, 15) is 91.6 Å². The van der Waals surface area contributed by atoms with E-state index < -0.39 is 180 Å². The van der Waals surface area contributed by atoms with Crippen LogP contribution in [0.2, 0.25) is 0 Å². The van der Waals surface area contributed by atoms with Crippen LogP contribution in [0.4, 0.5) is 0 Å². The van der Waals surface area contributed by atoms with Crippen molar-refractivity contribution in [3.63, 3.8) is 0 Å². The van der Waals surface area contributed by atoms with E-state index in [4.69, 9.17) is 37.7 Å². The first-order valence-electron chi connectivity index (χ1n) is 17.4. The van der Waals surface area contributed by atoms with Gasteiger partial charge in [-0.25, -0.2) is 18.0 Å². The number of hydrogen-bond donors (Lipinski definition) is 14. The van der Waals surface area contributed by atoms with Crippen LogP contribution in [0, 0.1) is 0 Å². The van der Waals surface area contributed by atoms with Crippen molar-refractivity contribution >= 4 is 44.6 Å². The van der Waals surface area contributed by atoms with E-state index in [1.165, 1.54) is 0 Å². The first kappa shape index (κ1) is 50.7. The van der Waals surface area contributed by atoms with Crippen molar-refractivity contribution in [1.29, 1.82) is 0 Å². The SMILES string of the molecule is CC(=O)NC1C(O)OC(COS(=O)(=O)O)C(O)C1OC1OC(C(=O)O)C(OC2OC(COS(=O)(=O)O)C(O)C(OC3OC(C(=O)O)C(O)C(O)C3O)C2NC(C)=O)C(O)C1O. The molecule has 4 aliphatic rings. The quantitative estimate of drug-likeness (QED) is 0.0639.